The summed E-state index contributed by atoms with van der Waals surface area (Å²) in [4.78, 5) is 14.5. The molecule has 6 nitrogen and oxygen atoms in total. The van der Waals surface area contributed by atoms with Crippen LogP contribution in [0.2, 0.25) is 0 Å². The highest BCUT2D eigenvalue weighted by Crippen LogP contribution is 2.26. The average Bonchev–Trinajstić information content (AvgIpc) is 2.45. The van der Waals surface area contributed by atoms with Crippen molar-refractivity contribution >= 4 is 11.5 Å². The lowest BCUT2D eigenvalue weighted by atomic mass is 10.2. The minimum absolute atomic E-state index is 0.0367. The third-order valence-electron chi connectivity index (χ3n) is 2.54. The van der Waals surface area contributed by atoms with Crippen LogP contribution in [0.5, 0.6) is 5.75 Å². The molecule has 0 amide bonds. The van der Waals surface area contributed by atoms with Crippen LogP contribution in [0.25, 0.3) is 0 Å². The maximum Gasteiger partial charge on any atom is 0.310 e. The SMILES string of the molecule is CNc1cc(COc2ccccc2[N+](=O)[O-])ccn1. The van der Waals surface area contributed by atoms with Crippen LogP contribution in [0, 0.1) is 10.1 Å². The average molecular weight is 259 g/mol. The fraction of sp³-hybridized carbons (Fsp3) is 0.154. The summed E-state index contributed by atoms with van der Waals surface area (Å²) in [6, 6.07) is 9.94. The normalized spacial score (nSPS) is 9.95. The summed E-state index contributed by atoms with van der Waals surface area (Å²) >= 11 is 0. The van der Waals surface area contributed by atoms with E-state index in [9.17, 15) is 10.1 Å². The molecule has 1 aromatic heterocycles. The van der Waals surface area contributed by atoms with E-state index in [0.29, 0.717) is 0 Å². The Kier molecular flexibility index (Phi) is 3.92. The lowest BCUT2D eigenvalue weighted by Gasteiger charge is -2.07. The van der Waals surface area contributed by atoms with Crippen molar-refractivity contribution in [3.8, 4) is 5.75 Å². The number of nitro benzene ring substituents is 1. The number of hydrogen-bond acceptors (Lipinski definition) is 5. The number of nitrogens with one attached hydrogen (secondary N) is 1. The number of benzene rings is 1. The second kappa shape index (κ2) is 5.81. The van der Waals surface area contributed by atoms with Gasteiger partial charge >= 0.3 is 5.69 Å². The first-order valence-electron chi connectivity index (χ1n) is 5.69. The molecule has 0 radical (unpaired) electrons. The summed E-state index contributed by atoms with van der Waals surface area (Å²) in [7, 11) is 1.77. The van der Waals surface area contributed by atoms with E-state index >= 15 is 0 Å². The number of ether oxygens (including phenoxy) is 1. The topological polar surface area (TPSA) is 77.3 Å². The van der Waals surface area contributed by atoms with E-state index in [2.05, 4.69) is 10.3 Å². The highest BCUT2D eigenvalue weighted by molar-refractivity contribution is 5.46. The van der Waals surface area contributed by atoms with Gasteiger partial charge in [-0.05, 0) is 23.8 Å². The number of nitrogens with zero attached hydrogens (tertiary/aromatic N) is 2. The summed E-state index contributed by atoms with van der Waals surface area (Å²) in [6.07, 6.45) is 1.66. The van der Waals surface area contributed by atoms with Crippen LogP contribution >= 0.6 is 0 Å². The van der Waals surface area contributed by atoms with Gasteiger partial charge < -0.3 is 10.1 Å². The molecule has 0 bridgehead atoms. The van der Waals surface area contributed by atoms with Crippen molar-refractivity contribution in [1.29, 1.82) is 0 Å². The molecule has 1 heterocycles. The molecular formula is C13H13N3O3. The van der Waals surface area contributed by atoms with E-state index in [0.717, 1.165) is 11.4 Å². The third kappa shape index (κ3) is 3.19. The van der Waals surface area contributed by atoms with E-state index in [1.807, 2.05) is 6.07 Å². The quantitative estimate of drug-likeness (QED) is 0.659. The second-order valence-electron chi connectivity index (χ2n) is 3.81. The summed E-state index contributed by atoms with van der Waals surface area (Å²) < 4.78 is 5.49. The van der Waals surface area contributed by atoms with Crippen molar-refractivity contribution < 1.29 is 9.66 Å². The summed E-state index contributed by atoms with van der Waals surface area (Å²) in [5.41, 5.74) is 0.850. The first-order valence-corrected chi connectivity index (χ1v) is 5.69. The minimum atomic E-state index is -0.457. The van der Waals surface area contributed by atoms with Gasteiger partial charge in [0.1, 0.15) is 12.4 Å². The molecule has 2 rings (SSSR count). The summed E-state index contributed by atoms with van der Waals surface area (Å²) in [5.74, 6) is 0.985. The van der Waals surface area contributed by atoms with Crippen LogP contribution in [0.15, 0.2) is 42.6 Å². The molecule has 0 aliphatic heterocycles. The van der Waals surface area contributed by atoms with Crippen molar-refractivity contribution in [2.75, 3.05) is 12.4 Å². The van der Waals surface area contributed by atoms with E-state index in [-0.39, 0.29) is 18.0 Å². The second-order valence-corrected chi connectivity index (χ2v) is 3.81. The lowest BCUT2D eigenvalue weighted by Crippen LogP contribution is -2.00. The zero-order valence-corrected chi connectivity index (χ0v) is 10.4. The molecule has 1 N–H and O–H groups in total. The molecule has 0 saturated heterocycles. The molecular weight excluding hydrogens is 246 g/mol. The molecule has 6 heteroatoms. The smallest absolute Gasteiger partial charge is 0.310 e. The predicted octanol–water partition coefficient (Wildman–Crippen LogP) is 2.61. The minimum Gasteiger partial charge on any atom is -0.482 e. The highest BCUT2D eigenvalue weighted by Gasteiger charge is 2.13. The Bertz CT molecular complexity index is 587. The predicted molar refractivity (Wildman–Crippen MR) is 71.2 cm³/mol. The summed E-state index contributed by atoms with van der Waals surface area (Å²) in [6.45, 7) is 0.252. The molecule has 0 spiro atoms. The Hall–Kier alpha value is -2.63. The molecule has 0 fully saturated rings. The zero-order valence-electron chi connectivity index (χ0n) is 10.4. The van der Waals surface area contributed by atoms with Gasteiger partial charge in [-0.15, -0.1) is 0 Å². The van der Waals surface area contributed by atoms with Gasteiger partial charge in [0.25, 0.3) is 0 Å². The molecule has 1 aromatic carbocycles. The first-order chi connectivity index (χ1) is 9.20. The standard InChI is InChI=1S/C13H13N3O3/c1-14-13-8-10(6-7-15-13)9-19-12-5-3-2-4-11(12)16(17)18/h2-8H,9H2,1H3,(H,14,15). The van der Waals surface area contributed by atoms with Crippen molar-refractivity contribution in [1.82, 2.24) is 4.98 Å². The Labute approximate surface area is 110 Å². The molecule has 2 aromatic rings. The van der Waals surface area contributed by atoms with Gasteiger partial charge in [-0.2, -0.15) is 0 Å². The van der Waals surface area contributed by atoms with E-state index in [4.69, 9.17) is 4.74 Å². The van der Waals surface area contributed by atoms with E-state index < -0.39 is 4.92 Å². The van der Waals surface area contributed by atoms with Crippen LogP contribution in [-0.2, 0) is 6.61 Å². The molecule has 0 aliphatic carbocycles. The van der Waals surface area contributed by atoms with Crippen LogP contribution in [0.1, 0.15) is 5.56 Å². The van der Waals surface area contributed by atoms with Gasteiger partial charge in [0.2, 0.25) is 0 Å². The highest BCUT2D eigenvalue weighted by atomic mass is 16.6. The monoisotopic (exact) mass is 259 g/mol. The van der Waals surface area contributed by atoms with Crippen LogP contribution in [0.4, 0.5) is 11.5 Å². The molecule has 0 atom stereocenters. The van der Waals surface area contributed by atoms with E-state index in [1.54, 1.807) is 37.5 Å². The maximum atomic E-state index is 10.8. The van der Waals surface area contributed by atoms with Crippen LogP contribution < -0.4 is 10.1 Å². The van der Waals surface area contributed by atoms with Gasteiger partial charge in [0.05, 0.1) is 4.92 Å². The fourth-order valence-electron chi connectivity index (χ4n) is 1.59. The number of para-hydroxylation sites is 2. The van der Waals surface area contributed by atoms with Crippen LogP contribution in [-0.4, -0.2) is 17.0 Å². The van der Waals surface area contributed by atoms with Crippen molar-refractivity contribution in [3.63, 3.8) is 0 Å². The van der Waals surface area contributed by atoms with Gasteiger partial charge in [-0.3, -0.25) is 10.1 Å². The molecule has 0 saturated carbocycles. The first kappa shape index (κ1) is 12.8. The number of aromatic nitrogens is 1. The van der Waals surface area contributed by atoms with Gasteiger partial charge in [-0.25, -0.2) is 4.98 Å². The van der Waals surface area contributed by atoms with Crippen molar-refractivity contribution in [2.45, 2.75) is 6.61 Å². The molecule has 0 aliphatic rings. The number of nitro groups is 1. The number of pyridine rings is 1. The van der Waals surface area contributed by atoms with Gasteiger partial charge in [-0.1, -0.05) is 12.1 Å². The fourth-order valence-corrected chi connectivity index (χ4v) is 1.59. The summed E-state index contributed by atoms with van der Waals surface area (Å²) in [5, 5.41) is 13.8. The van der Waals surface area contributed by atoms with Crippen molar-refractivity contribution in [3.05, 3.63) is 58.3 Å². The van der Waals surface area contributed by atoms with Crippen LogP contribution in [0.3, 0.4) is 0 Å². The van der Waals surface area contributed by atoms with E-state index in [1.165, 1.54) is 6.07 Å². The van der Waals surface area contributed by atoms with Gasteiger partial charge in [0, 0.05) is 19.3 Å². The third-order valence-corrected chi connectivity index (χ3v) is 2.54. The molecule has 0 unspecified atom stereocenters. The zero-order chi connectivity index (χ0) is 13.7. The Morgan fingerprint density at radius 2 is 2.16 bits per heavy atom. The Morgan fingerprint density at radius 3 is 2.89 bits per heavy atom. The van der Waals surface area contributed by atoms with Crippen molar-refractivity contribution in [2.24, 2.45) is 0 Å². The Morgan fingerprint density at radius 1 is 1.37 bits per heavy atom. The molecule has 19 heavy (non-hydrogen) atoms. The largest absolute Gasteiger partial charge is 0.482 e. The number of anilines is 1. The number of hydrogen-bond donors (Lipinski definition) is 1. The maximum absolute atomic E-state index is 10.8. The van der Waals surface area contributed by atoms with Gasteiger partial charge in [0.15, 0.2) is 5.75 Å². The number of rotatable bonds is 5. The molecule has 98 valence electrons. The lowest BCUT2D eigenvalue weighted by molar-refractivity contribution is -0.385. The Balaban J connectivity index is 2.12.